The number of nitrogens with one attached hydrogen (secondary N) is 2. The van der Waals surface area contributed by atoms with E-state index in [1.54, 1.807) is 7.11 Å². The second kappa shape index (κ2) is 7.68. The molecule has 2 rings (SSSR count). The van der Waals surface area contributed by atoms with Crippen LogP contribution in [0.15, 0.2) is 48.5 Å². The fraction of sp³-hybridized carbons (Fsp3) is 0.316. The van der Waals surface area contributed by atoms with Crippen molar-refractivity contribution in [3.63, 3.8) is 0 Å². The fourth-order valence-electron chi connectivity index (χ4n) is 2.48. The molecule has 2 amide bonds. The van der Waals surface area contributed by atoms with Crippen LogP contribution in [0.3, 0.4) is 0 Å². The molecule has 23 heavy (non-hydrogen) atoms. The van der Waals surface area contributed by atoms with Gasteiger partial charge in [0.2, 0.25) is 0 Å². The number of hydrogen-bond acceptors (Lipinski definition) is 2. The van der Waals surface area contributed by atoms with Crippen molar-refractivity contribution < 1.29 is 9.53 Å². The van der Waals surface area contributed by atoms with Crippen LogP contribution in [-0.2, 0) is 0 Å². The highest BCUT2D eigenvalue weighted by atomic mass is 16.5. The lowest BCUT2D eigenvalue weighted by Gasteiger charge is -2.23. The largest absolute Gasteiger partial charge is 0.497 e. The van der Waals surface area contributed by atoms with Gasteiger partial charge in [-0.1, -0.05) is 38.1 Å². The first-order chi connectivity index (χ1) is 11.0. The molecule has 0 saturated heterocycles. The third-order valence-corrected chi connectivity index (χ3v) is 3.70. The molecular weight excluding hydrogens is 288 g/mol. The van der Waals surface area contributed by atoms with E-state index >= 15 is 0 Å². The zero-order valence-corrected chi connectivity index (χ0v) is 14.1. The van der Waals surface area contributed by atoms with Crippen molar-refractivity contribution in [1.29, 1.82) is 0 Å². The Balaban J connectivity index is 2.07. The van der Waals surface area contributed by atoms with Crippen molar-refractivity contribution in [2.24, 2.45) is 5.92 Å². The molecule has 2 aromatic rings. The maximum Gasteiger partial charge on any atom is 0.319 e. The van der Waals surface area contributed by atoms with Gasteiger partial charge >= 0.3 is 6.03 Å². The Labute approximate surface area is 137 Å². The van der Waals surface area contributed by atoms with Crippen LogP contribution in [0.2, 0.25) is 0 Å². The zero-order chi connectivity index (χ0) is 16.8. The van der Waals surface area contributed by atoms with Crippen molar-refractivity contribution in [1.82, 2.24) is 5.32 Å². The van der Waals surface area contributed by atoms with Crippen molar-refractivity contribution in [2.45, 2.75) is 26.8 Å². The lowest BCUT2D eigenvalue weighted by atomic mass is 9.96. The number of methoxy groups -OCH3 is 1. The molecule has 2 N–H and O–H groups in total. The van der Waals surface area contributed by atoms with Gasteiger partial charge in [-0.05, 0) is 48.2 Å². The van der Waals surface area contributed by atoms with E-state index < -0.39 is 0 Å². The topological polar surface area (TPSA) is 50.4 Å². The highest BCUT2D eigenvalue weighted by Crippen LogP contribution is 2.24. The van der Waals surface area contributed by atoms with Gasteiger partial charge < -0.3 is 15.4 Å². The number of hydrogen-bond donors (Lipinski definition) is 2. The van der Waals surface area contributed by atoms with Crippen LogP contribution in [0.5, 0.6) is 5.75 Å². The highest BCUT2D eigenvalue weighted by molar-refractivity contribution is 5.89. The van der Waals surface area contributed by atoms with Crippen LogP contribution in [0.4, 0.5) is 10.5 Å². The molecule has 0 aliphatic carbocycles. The van der Waals surface area contributed by atoms with Gasteiger partial charge in [-0.3, -0.25) is 0 Å². The summed E-state index contributed by atoms with van der Waals surface area (Å²) in [6, 6.07) is 15.3. The smallest absolute Gasteiger partial charge is 0.319 e. The molecule has 1 unspecified atom stereocenters. The summed E-state index contributed by atoms with van der Waals surface area (Å²) in [5.41, 5.74) is 2.96. The Morgan fingerprint density at radius 1 is 1.09 bits per heavy atom. The number of anilines is 1. The Morgan fingerprint density at radius 3 is 2.35 bits per heavy atom. The summed E-state index contributed by atoms with van der Waals surface area (Å²) in [6.07, 6.45) is 0. The number of urea groups is 1. The summed E-state index contributed by atoms with van der Waals surface area (Å²) in [5, 5.41) is 5.93. The first-order valence-corrected chi connectivity index (χ1v) is 7.77. The molecule has 0 aromatic heterocycles. The maximum absolute atomic E-state index is 12.3. The minimum atomic E-state index is -0.204. The van der Waals surface area contributed by atoms with Crippen molar-refractivity contribution in [3.05, 3.63) is 59.7 Å². The minimum Gasteiger partial charge on any atom is -0.497 e. The predicted octanol–water partition coefficient (Wildman–Crippen LogP) is 4.52. The first-order valence-electron chi connectivity index (χ1n) is 7.77. The van der Waals surface area contributed by atoms with Gasteiger partial charge in [0.25, 0.3) is 0 Å². The van der Waals surface area contributed by atoms with Gasteiger partial charge in [0.15, 0.2) is 0 Å². The normalized spacial score (nSPS) is 11.9. The van der Waals surface area contributed by atoms with Gasteiger partial charge in [-0.2, -0.15) is 0 Å². The third kappa shape index (κ3) is 4.74. The van der Waals surface area contributed by atoms with E-state index in [0.717, 1.165) is 22.6 Å². The molecule has 122 valence electrons. The molecule has 0 radical (unpaired) electrons. The van der Waals surface area contributed by atoms with Crippen LogP contribution in [-0.4, -0.2) is 13.1 Å². The molecule has 2 aromatic carbocycles. The van der Waals surface area contributed by atoms with Crippen LogP contribution >= 0.6 is 0 Å². The minimum absolute atomic E-state index is 0.0642. The molecule has 0 saturated carbocycles. The SMILES string of the molecule is COc1ccc(C(NC(=O)Nc2cccc(C)c2)C(C)C)cc1. The van der Waals surface area contributed by atoms with Crippen molar-refractivity contribution in [3.8, 4) is 5.75 Å². The zero-order valence-electron chi connectivity index (χ0n) is 14.1. The van der Waals surface area contributed by atoms with Crippen LogP contribution in [0.1, 0.15) is 31.0 Å². The van der Waals surface area contributed by atoms with Gasteiger partial charge in [-0.25, -0.2) is 4.79 Å². The van der Waals surface area contributed by atoms with Crippen molar-refractivity contribution >= 4 is 11.7 Å². The summed E-state index contributed by atoms with van der Waals surface area (Å²) < 4.78 is 5.18. The summed E-state index contributed by atoms with van der Waals surface area (Å²) in [7, 11) is 1.64. The maximum atomic E-state index is 12.3. The molecular formula is C19H24N2O2. The number of rotatable bonds is 5. The lowest BCUT2D eigenvalue weighted by Crippen LogP contribution is -2.35. The monoisotopic (exact) mass is 312 g/mol. The number of ether oxygens (including phenoxy) is 1. The van der Waals surface area contributed by atoms with Gasteiger partial charge in [0.1, 0.15) is 5.75 Å². The number of aryl methyl sites for hydroxylation is 1. The first kappa shape index (κ1) is 16.9. The summed E-state index contributed by atoms with van der Waals surface area (Å²) in [6.45, 7) is 6.17. The standard InChI is InChI=1S/C19H24N2O2/c1-13(2)18(15-8-10-17(23-4)11-9-15)21-19(22)20-16-7-5-6-14(3)12-16/h5-13,18H,1-4H3,(H2,20,21,22). The summed E-state index contributed by atoms with van der Waals surface area (Å²) in [5.74, 6) is 1.08. The van der Waals surface area contributed by atoms with E-state index in [2.05, 4.69) is 24.5 Å². The van der Waals surface area contributed by atoms with E-state index in [1.807, 2.05) is 55.5 Å². The average molecular weight is 312 g/mol. The molecule has 4 heteroatoms. The molecule has 0 heterocycles. The Kier molecular flexibility index (Phi) is 5.63. The van der Waals surface area contributed by atoms with Crippen LogP contribution < -0.4 is 15.4 Å². The van der Waals surface area contributed by atoms with E-state index in [1.165, 1.54) is 0 Å². The van der Waals surface area contributed by atoms with E-state index in [-0.39, 0.29) is 18.0 Å². The van der Waals surface area contributed by atoms with Gasteiger partial charge in [0.05, 0.1) is 13.2 Å². The van der Waals surface area contributed by atoms with E-state index in [4.69, 9.17) is 4.74 Å². The average Bonchev–Trinajstić information content (AvgIpc) is 2.52. The number of benzene rings is 2. The molecule has 1 atom stereocenters. The quantitative estimate of drug-likeness (QED) is 0.852. The molecule has 0 spiro atoms. The lowest BCUT2D eigenvalue weighted by molar-refractivity contribution is 0.244. The molecule has 0 aliphatic heterocycles. The number of carbonyl (C=O) groups excluding carboxylic acids is 1. The Hall–Kier alpha value is -2.49. The van der Waals surface area contributed by atoms with Crippen molar-refractivity contribution in [2.75, 3.05) is 12.4 Å². The molecule has 0 aliphatic rings. The Morgan fingerprint density at radius 2 is 1.78 bits per heavy atom. The second-order valence-electron chi connectivity index (χ2n) is 5.96. The van der Waals surface area contributed by atoms with E-state index in [0.29, 0.717) is 0 Å². The predicted molar refractivity (Wildman–Crippen MR) is 93.9 cm³/mol. The fourth-order valence-corrected chi connectivity index (χ4v) is 2.48. The second-order valence-corrected chi connectivity index (χ2v) is 5.96. The summed E-state index contributed by atoms with van der Waals surface area (Å²) >= 11 is 0. The highest BCUT2D eigenvalue weighted by Gasteiger charge is 2.18. The van der Waals surface area contributed by atoms with Crippen LogP contribution in [0.25, 0.3) is 0 Å². The molecule has 0 bridgehead atoms. The third-order valence-electron chi connectivity index (χ3n) is 3.70. The molecule has 4 nitrogen and oxygen atoms in total. The van der Waals surface area contributed by atoms with E-state index in [9.17, 15) is 4.79 Å². The summed E-state index contributed by atoms with van der Waals surface area (Å²) in [4.78, 5) is 12.3. The molecule has 0 fully saturated rings. The number of amides is 2. The van der Waals surface area contributed by atoms with Gasteiger partial charge in [0, 0.05) is 5.69 Å². The van der Waals surface area contributed by atoms with Gasteiger partial charge in [-0.15, -0.1) is 0 Å². The number of carbonyl (C=O) groups is 1. The Bertz CT molecular complexity index is 651. The van der Waals surface area contributed by atoms with Crippen LogP contribution in [0, 0.1) is 12.8 Å².